The molecule has 0 amide bonds. The van der Waals surface area contributed by atoms with Crippen LogP contribution in [0, 0.1) is 0 Å². The second-order valence-corrected chi connectivity index (χ2v) is 2.27. The Labute approximate surface area is 55.5 Å². The maximum atomic E-state index is 10.2. The van der Waals surface area contributed by atoms with Crippen LogP contribution in [0.5, 0.6) is 0 Å². The Morgan fingerprint density at radius 2 is 1.90 bits per heavy atom. The average Bonchev–Trinajstić information content (AvgIpc) is 1.85. The molecule has 0 aromatic rings. The first-order valence-electron chi connectivity index (χ1n) is 2.08. The van der Waals surface area contributed by atoms with Crippen LogP contribution in [-0.2, 0) is 23.6 Å². The van der Waals surface area contributed by atoms with E-state index >= 15 is 0 Å². The summed E-state index contributed by atoms with van der Waals surface area (Å²) in [7, 11) is -2.94. The molecule has 0 atom stereocenters. The zero-order valence-electron chi connectivity index (χ0n) is 4.64. The molecule has 7 heteroatoms. The third kappa shape index (κ3) is 3.11. The SMILES string of the molecule is O=C(CP(=O)=O)C(=O)OO. The summed E-state index contributed by atoms with van der Waals surface area (Å²) in [5.41, 5.74) is 0. The predicted octanol–water partition coefficient (Wildman–Crippen LogP) is -0.255. The first kappa shape index (κ1) is 9.00. The number of rotatable bonds is 3. The molecule has 6 nitrogen and oxygen atoms in total. The molecule has 10 heavy (non-hydrogen) atoms. The molecular weight excluding hydrogens is 163 g/mol. The van der Waals surface area contributed by atoms with Gasteiger partial charge in [0.25, 0.3) is 5.78 Å². The molecule has 0 unspecified atom stereocenters. The van der Waals surface area contributed by atoms with E-state index in [1.807, 2.05) is 0 Å². The van der Waals surface area contributed by atoms with E-state index < -0.39 is 25.6 Å². The van der Waals surface area contributed by atoms with Crippen LogP contribution in [0.4, 0.5) is 0 Å². The van der Waals surface area contributed by atoms with Gasteiger partial charge in [-0.05, 0) is 0 Å². The van der Waals surface area contributed by atoms with E-state index in [1.165, 1.54) is 0 Å². The van der Waals surface area contributed by atoms with Crippen molar-refractivity contribution >= 4 is 19.4 Å². The van der Waals surface area contributed by atoms with Gasteiger partial charge in [-0.3, -0.25) is 9.68 Å². The molecule has 0 aliphatic rings. The Morgan fingerprint density at radius 3 is 2.20 bits per heavy atom. The van der Waals surface area contributed by atoms with E-state index in [4.69, 9.17) is 5.26 Å². The van der Waals surface area contributed by atoms with E-state index in [0.29, 0.717) is 0 Å². The molecular formula is C3H3O6P. The molecule has 0 fully saturated rings. The van der Waals surface area contributed by atoms with Gasteiger partial charge < -0.3 is 0 Å². The number of hydrogen-bond donors (Lipinski definition) is 1. The quantitative estimate of drug-likeness (QED) is 0.268. The lowest BCUT2D eigenvalue weighted by atomic mass is 10.5. The lowest BCUT2D eigenvalue weighted by molar-refractivity contribution is -0.231. The van der Waals surface area contributed by atoms with Crippen LogP contribution >= 0.6 is 7.68 Å². The van der Waals surface area contributed by atoms with E-state index in [9.17, 15) is 18.7 Å². The summed E-state index contributed by atoms with van der Waals surface area (Å²) in [6.07, 6.45) is -0.936. The van der Waals surface area contributed by atoms with Crippen molar-refractivity contribution in [3.63, 3.8) is 0 Å². The maximum Gasteiger partial charge on any atom is 0.409 e. The summed E-state index contributed by atoms with van der Waals surface area (Å²) in [5.74, 6) is -2.86. The first-order valence-corrected chi connectivity index (χ1v) is 3.44. The summed E-state index contributed by atoms with van der Waals surface area (Å²) in [4.78, 5) is 23.1. The van der Waals surface area contributed by atoms with Crippen LogP contribution in [0.2, 0.25) is 0 Å². The summed E-state index contributed by atoms with van der Waals surface area (Å²) < 4.78 is 19.5. The molecule has 0 saturated heterocycles. The van der Waals surface area contributed by atoms with Crippen LogP contribution in [0.3, 0.4) is 0 Å². The third-order valence-corrected chi connectivity index (χ3v) is 1.13. The van der Waals surface area contributed by atoms with Gasteiger partial charge in [0.15, 0.2) is 0 Å². The minimum atomic E-state index is -2.94. The van der Waals surface area contributed by atoms with Gasteiger partial charge in [-0.15, -0.1) is 0 Å². The molecule has 0 heterocycles. The molecule has 0 aromatic carbocycles. The molecule has 0 spiro atoms. The summed E-state index contributed by atoms with van der Waals surface area (Å²) >= 11 is 0. The van der Waals surface area contributed by atoms with E-state index in [1.54, 1.807) is 0 Å². The van der Waals surface area contributed by atoms with Gasteiger partial charge in [0.1, 0.15) is 6.16 Å². The Kier molecular flexibility index (Phi) is 3.53. The van der Waals surface area contributed by atoms with Crippen molar-refractivity contribution in [2.45, 2.75) is 0 Å². The molecule has 0 saturated carbocycles. The molecule has 0 bridgehead atoms. The normalized spacial score (nSPS) is 8.50. The van der Waals surface area contributed by atoms with Crippen molar-refractivity contribution in [3.8, 4) is 0 Å². The number of Topliss-reactive ketones (excluding diaryl/α,β-unsaturated/α-hetero) is 1. The fourth-order valence-electron chi connectivity index (χ4n) is 0.233. The standard InChI is InChI=1S/C3H3O6P/c4-2(1-10(7)8)3(5)9-6/h6H,1H2. The van der Waals surface area contributed by atoms with E-state index in [-0.39, 0.29) is 0 Å². The molecule has 0 radical (unpaired) electrons. The van der Waals surface area contributed by atoms with Crippen molar-refractivity contribution in [2.75, 3.05) is 6.16 Å². The lowest BCUT2D eigenvalue weighted by Crippen LogP contribution is -2.16. The minimum absolute atomic E-state index is 0.936. The van der Waals surface area contributed by atoms with E-state index in [2.05, 4.69) is 4.89 Å². The van der Waals surface area contributed by atoms with Crippen molar-refractivity contribution in [2.24, 2.45) is 0 Å². The number of carbonyl (C=O) groups excluding carboxylic acids is 2. The molecule has 0 aliphatic carbocycles. The Morgan fingerprint density at radius 1 is 1.40 bits per heavy atom. The fraction of sp³-hybridized carbons (Fsp3) is 0.333. The zero-order valence-corrected chi connectivity index (χ0v) is 5.54. The van der Waals surface area contributed by atoms with Crippen LogP contribution in [0.1, 0.15) is 0 Å². The van der Waals surface area contributed by atoms with Gasteiger partial charge >= 0.3 is 13.6 Å². The Hall–Kier alpha value is -1.00. The predicted molar refractivity (Wildman–Crippen MR) is 26.9 cm³/mol. The Bertz CT molecular complexity index is 207. The van der Waals surface area contributed by atoms with Gasteiger partial charge in [-0.2, -0.15) is 5.26 Å². The number of ketones is 1. The highest BCUT2D eigenvalue weighted by Crippen LogP contribution is 2.01. The lowest BCUT2D eigenvalue weighted by Gasteiger charge is -1.86. The topological polar surface area (TPSA) is 97.7 Å². The maximum absolute atomic E-state index is 10.2. The van der Waals surface area contributed by atoms with Gasteiger partial charge in [-0.1, -0.05) is 0 Å². The largest absolute Gasteiger partial charge is 0.409 e. The second kappa shape index (κ2) is 3.92. The fourth-order valence-corrected chi connectivity index (χ4v) is 0.596. The number of hydrogen-bond acceptors (Lipinski definition) is 6. The average molecular weight is 166 g/mol. The third-order valence-electron chi connectivity index (χ3n) is 0.583. The zero-order chi connectivity index (χ0) is 8.15. The van der Waals surface area contributed by atoms with Gasteiger partial charge in [-0.25, -0.2) is 13.9 Å². The minimum Gasteiger partial charge on any atom is -0.292 e. The number of carbonyl (C=O) groups is 2. The van der Waals surface area contributed by atoms with Crippen LogP contribution in [-0.4, -0.2) is 23.2 Å². The van der Waals surface area contributed by atoms with Crippen LogP contribution in [0.25, 0.3) is 0 Å². The molecule has 0 rings (SSSR count). The highest BCUT2D eigenvalue weighted by molar-refractivity contribution is 7.32. The smallest absolute Gasteiger partial charge is 0.292 e. The van der Waals surface area contributed by atoms with Gasteiger partial charge in [0.05, 0.1) is 0 Å². The highest BCUT2D eigenvalue weighted by atomic mass is 31.1. The highest BCUT2D eigenvalue weighted by Gasteiger charge is 2.17. The monoisotopic (exact) mass is 166 g/mol. The van der Waals surface area contributed by atoms with Gasteiger partial charge in [0.2, 0.25) is 0 Å². The van der Waals surface area contributed by atoms with E-state index in [0.717, 1.165) is 0 Å². The first-order chi connectivity index (χ1) is 4.57. The molecule has 0 aromatic heterocycles. The Balaban J connectivity index is 3.98. The van der Waals surface area contributed by atoms with Crippen molar-refractivity contribution < 1.29 is 28.9 Å². The summed E-state index contributed by atoms with van der Waals surface area (Å²) in [6.45, 7) is 0. The second-order valence-electron chi connectivity index (χ2n) is 1.29. The summed E-state index contributed by atoms with van der Waals surface area (Å²) in [5, 5.41) is 7.55. The van der Waals surface area contributed by atoms with Crippen molar-refractivity contribution in [1.29, 1.82) is 0 Å². The molecule has 56 valence electrons. The summed E-state index contributed by atoms with van der Waals surface area (Å²) in [6, 6.07) is 0. The molecule has 1 N–H and O–H groups in total. The van der Waals surface area contributed by atoms with Crippen molar-refractivity contribution in [1.82, 2.24) is 0 Å². The van der Waals surface area contributed by atoms with Crippen LogP contribution in [0.15, 0.2) is 0 Å². The molecule has 0 aliphatic heterocycles. The van der Waals surface area contributed by atoms with Crippen molar-refractivity contribution in [3.05, 3.63) is 0 Å². The van der Waals surface area contributed by atoms with Gasteiger partial charge in [0, 0.05) is 0 Å². The van der Waals surface area contributed by atoms with Crippen LogP contribution < -0.4 is 0 Å².